The third kappa shape index (κ3) is 3.24. The van der Waals surface area contributed by atoms with Crippen molar-refractivity contribution >= 4 is 11.6 Å². The lowest BCUT2D eigenvalue weighted by Gasteiger charge is -2.16. The Morgan fingerprint density at radius 3 is 3.00 bits per heavy atom. The number of carbonyl (C=O) groups is 1. The molecule has 1 amide bonds. The molecular weight excluding hydrogens is 248 g/mol. The monoisotopic (exact) mass is 268 g/mol. The van der Waals surface area contributed by atoms with Gasteiger partial charge in [-0.05, 0) is 19.3 Å². The van der Waals surface area contributed by atoms with E-state index in [0.29, 0.717) is 24.6 Å². The van der Waals surface area contributed by atoms with Crippen molar-refractivity contribution in [1.82, 2.24) is 15.5 Å². The first-order chi connectivity index (χ1) is 9.17. The summed E-state index contributed by atoms with van der Waals surface area (Å²) in [5.41, 5.74) is 7.44. The van der Waals surface area contributed by atoms with Crippen molar-refractivity contribution in [2.24, 2.45) is 0 Å². The summed E-state index contributed by atoms with van der Waals surface area (Å²) >= 11 is 0. The van der Waals surface area contributed by atoms with Crippen LogP contribution >= 0.6 is 0 Å². The number of H-pyrrole nitrogens is 1. The number of aliphatic hydroxyl groups excluding tert-OH is 1. The van der Waals surface area contributed by atoms with E-state index in [1.54, 1.807) is 7.11 Å². The number of anilines is 1. The van der Waals surface area contributed by atoms with Crippen LogP contribution in [0.25, 0.3) is 0 Å². The molecule has 1 aliphatic carbocycles. The molecular formula is C12H20N4O3. The zero-order valence-electron chi connectivity index (χ0n) is 11.0. The summed E-state index contributed by atoms with van der Waals surface area (Å²) in [6, 6.07) is -0.247. The quantitative estimate of drug-likeness (QED) is 0.556. The fourth-order valence-corrected chi connectivity index (χ4v) is 2.03. The fourth-order valence-electron chi connectivity index (χ4n) is 2.03. The molecule has 1 atom stereocenters. The van der Waals surface area contributed by atoms with Crippen molar-refractivity contribution < 1.29 is 14.6 Å². The van der Waals surface area contributed by atoms with Gasteiger partial charge in [-0.3, -0.25) is 9.89 Å². The maximum Gasteiger partial charge on any atom is 0.274 e. The van der Waals surface area contributed by atoms with Gasteiger partial charge in [-0.25, -0.2) is 0 Å². The van der Waals surface area contributed by atoms with Crippen molar-refractivity contribution in [2.45, 2.75) is 31.2 Å². The first kappa shape index (κ1) is 13.8. The molecule has 2 rings (SSSR count). The zero-order chi connectivity index (χ0) is 13.8. The number of nitrogen functional groups attached to an aromatic ring is 1. The number of amides is 1. The minimum Gasteiger partial charge on any atom is -0.396 e. The smallest absolute Gasteiger partial charge is 0.274 e. The molecule has 0 aliphatic heterocycles. The van der Waals surface area contributed by atoms with E-state index in [2.05, 4.69) is 15.5 Å². The van der Waals surface area contributed by atoms with Crippen LogP contribution in [0, 0.1) is 0 Å². The third-order valence-electron chi connectivity index (χ3n) is 3.21. The Kier molecular flexibility index (Phi) is 4.39. The van der Waals surface area contributed by atoms with Crippen LogP contribution in [-0.4, -0.2) is 47.6 Å². The predicted molar refractivity (Wildman–Crippen MR) is 69.8 cm³/mol. The predicted octanol–water partition coefficient (Wildman–Crippen LogP) is -0.00350. The Balaban J connectivity index is 2.01. The number of hydrogen-bond donors (Lipinski definition) is 4. The summed E-state index contributed by atoms with van der Waals surface area (Å²) in [4.78, 5) is 12.1. The molecule has 0 spiro atoms. The van der Waals surface area contributed by atoms with E-state index in [4.69, 9.17) is 15.6 Å². The van der Waals surface area contributed by atoms with Crippen LogP contribution in [0.1, 0.15) is 41.4 Å². The van der Waals surface area contributed by atoms with E-state index in [-0.39, 0.29) is 24.2 Å². The Hall–Kier alpha value is -1.60. The first-order valence-electron chi connectivity index (χ1n) is 6.41. The number of aliphatic hydroxyl groups is 1. The van der Waals surface area contributed by atoms with Gasteiger partial charge in [-0.2, -0.15) is 5.10 Å². The number of methoxy groups -OCH3 is 1. The number of nitrogens with two attached hydrogens (primary N) is 1. The first-order valence-corrected chi connectivity index (χ1v) is 6.41. The number of aromatic amines is 1. The van der Waals surface area contributed by atoms with E-state index in [9.17, 15) is 4.79 Å². The summed E-state index contributed by atoms with van der Waals surface area (Å²) in [7, 11) is 1.55. The summed E-state index contributed by atoms with van der Waals surface area (Å²) in [5, 5.41) is 18.5. The van der Waals surface area contributed by atoms with Gasteiger partial charge in [0, 0.05) is 19.6 Å². The normalized spacial score (nSPS) is 16.3. The molecule has 7 heteroatoms. The van der Waals surface area contributed by atoms with Crippen LogP contribution in [0.4, 0.5) is 5.69 Å². The summed E-state index contributed by atoms with van der Waals surface area (Å²) < 4.78 is 4.99. The number of carbonyl (C=O) groups excluding carboxylic acids is 1. The topological polar surface area (TPSA) is 113 Å². The molecule has 7 nitrogen and oxygen atoms in total. The van der Waals surface area contributed by atoms with Crippen LogP contribution in [-0.2, 0) is 4.74 Å². The number of nitrogens with zero attached hydrogens (tertiary/aromatic N) is 1. The molecule has 0 aromatic carbocycles. The average Bonchev–Trinajstić information content (AvgIpc) is 3.13. The summed E-state index contributed by atoms with van der Waals surface area (Å²) in [6.07, 6.45) is 2.61. The highest BCUT2D eigenvalue weighted by molar-refractivity contribution is 5.97. The lowest BCUT2D eigenvalue weighted by Crippen LogP contribution is -2.39. The summed E-state index contributed by atoms with van der Waals surface area (Å²) in [6.45, 7) is 0.323. The van der Waals surface area contributed by atoms with Gasteiger partial charge in [0.1, 0.15) is 0 Å². The lowest BCUT2D eigenvalue weighted by atomic mass is 10.2. The lowest BCUT2D eigenvalue weighted by molar-refractivity contribution is 0.0874. The number of hydrogen-bond acceptors (Lipinski definition) is 5. The minimum absolute atomic E-state index is 0.0162. The zero-order valence-corrected chi connectivity index (χ0v) is 11.0. The van der Waals surface area contributed by atoms with Crippen LogP contribution in [0.2, 0.25) is 0 Å². The van der Waals surface area contributed by atoms with Gasteiger partial charge < -0.3 is 20.9 Å². The Bertz CT molecular complexity index is 436. The number of aromatic nitrogens is 2. The number of rotatable bonds is 7. The molecule has 1 unspecified atom stereocenters. The van der Waals surface area contributed by atoms with Crippen LogP contribution in [0.15, 0.2) is 0 Å². The molecule has 1 saturated carbocycles. The molecule has 106 valence electrons. The summed E-state index contributed by atoms with van der Waals surface area (Å²) in [5.74, 6) is 0.0809. The molecule has 19 heavy (non-hydrogen) atoms. The van der Waals surface area contributed by atoms with Gasteiger partial charge in [-0.1, -0.05) is 0 Å². The van der Waals surface area contributed by atoms with Crippen LogP contribution < -0.4 is 11.1 Å². The van der Waals surface area contributed by atoms with Gasteiger partial charge in [0.2, 0.25) is 0 Å². The number of nitrogens with one attached hydrogen (secondary N) is 2. The second-order valence-corrected chi connectivity index (χ2v) is 4.81. The highest BCUT2D eigenvalue weighted by Crippen LogP contribution is 2.42. The van der Waals surface area contributed by atoms with E-state index in [1.165, 1.54) is 0 Å². The standard InChI is InChI=1S/C12H20N4O3/c1-19-6-8(4-5-17)14-12(18)11-9(13)10(15-16-11)7-2-3-7/h7-8,17H,2-6,13H2,1H3,(H,14,18)(H,15,16). The molecule has 1 heterocycles. The highest BCUT2D eigenvalue weighted by atomic mass is 16.5. The molecule has 0 bridgehead atoms. The molecule has 0 saturated heterocycles. The Morgan fingerprint density at radius 2 is 2.42 bits per heavy atom. The van der Waals surface area contributed by atoms with Crippen molar-refractivity contribution in [3.8, 4) is 0 Å². The Labute approximate surface area is 111 Å². The van der Waals surface area contributed by atoms with E-state index in [1.807, 2.05) is 0 Å². The van der Waals surface area contributed by atoms with Gasteiger partial charge in [0.25, 0.3) is 5.91 Å². The molecule has 5 N–H and O–H groups in total. The maximum atomic E-state index is 12.1. The van der Waals surface area contributed by atoms with Crippen molar-refractivity contribution in [3.05, 3.63) is 11.4 Å². The SMILES string of the molecule is COCC(CCO)NC(=O)c1n[nH]c(C2CC2)c1N. The van der Waals surface area contributed by atoms with E-state index < -0.39 is 0 Å². The van der Waals surface area contributed by atoms with E-state index >= 15 is 0 Å². The van der Waals surface area contributed by atoms with E-state index in [0.717, 1.165) is 18.5 Å². The molecule has 1 aliphatic rings. The third-order valence-corrected chi connectivity index (χ3v) is 3.21. The van der Waals surface area contributed by atoms with Gasteiger partial charge >= 0.3 is 0 Å². The Morgan fingerprint density at radius 1 is 1.68 bits per heavy atom. The van der Waals surface area contributed by atoms with Gasteiger partial charge in [-0.15, -0.1) is 0 Å². The van der Waals surface area contributed by atoms with Crippen molar-refractivity contribution in [3.63, 3.8) is 0 Å². The highest BCUT2D eigenvalue weighted by Gasteiger charge is 2.30. The largest absolute Gasteiger partial charge is 0.396 e. The van der Waals surface area contributed by atoms with Gasteiger partial charge in [0.05, 0.1) is 24.0 Å². The molecule has 1 aromatic heterocycles. The fraction of sp³-hybridized carbons (Fsp3) is 0.667. The average molecular weight is 268 g/mol. The van der Waals surface area contributed by atoms with Crippen molar-refractivity contribution in [1.29, 1.82) is 0 Å². The van der Waals surface area contributed by atoms with Crippen LogP contribution in [0.3, 0.4) is 0 Å². The molecule has 1 aromatic rings. The number of ether oxygens (including phenoxy) is 1. The maximum absolute atomic E-state index is 12.1. The minimum atomic E-state index is -0.337. The van der Waals surface area contributed by atoms with Crippen LogP contribution in [0.5, 0.6) is 0 Å². The van der Waals surface area contributed by atoms with Gasteiger partial charge in [0.15, 0.2) is 5.69 Å². The molecule has 0 radical (unpaired) electrons. The second-order valence-electron chi connectivity index (χ2n) is 4.81. The van der Waals surface area contributed by atoms with Crippen molar-refractivity contribution in [2.75, 3.05) is 26.1 Å². The molecule has 1 fully saturated rings. The second kappa shape index (κ2) is 6.03.